The van der Waals surface area contributed by atoms with Crippen molar-refractivity contribution in [3.8, 4) is 0 Å². The molecule has 90 valence electrons. The Morgan fingerprint density at radius 2 is 2.41 bits per heavy atom. The zero-order valence-electron chi connectivity index (χ0n) is 9.09. The number of hydrogen-bond donors (Lipinski definition) is 3. The predicted molar refractivity (Wildman–Crippen MR) is 62.7 cm³/mol. The summed E-state index contributed by atoms with van der Waals surface area (Å²) in [7, 11) is 0. The number of aromatic nitrogens is 1. The predicted octanol–water partition coefficient (Wildman–Crippen LogP) is 1.04. The molecule has 0 amide bonds. The maximum absolute atomic E-state index is 10.5. The van der Waals surface area contributed by atoms with Crippen LogP contribution in [-0.4, -0.2) is 28.6 Å². The number of nitrogens with two attached hydrogens (primary N) is 1. The molecule has 0 spiro atoms. The first-order valence-electron chi connectivity index (χ1n) is 5.22. The summed E-state index contributed by atoms with van der Waals surface area (Å²) in [5.41, 5.74) is 7.72. The van der Waals surface area contributed by atoms with Crippen molar-refractivity contribution in [2.24, 2.45) is 5.73 Å². The lowest BCUT2D eigenvalue weighted by molar-refractivity contribution is -0.138. The van der Waals surface area contributed by atoms with Crippen LogP contribution < -0.4 is 11.1 Å². The highest BCUT2D eigenvalue weighted by Gasteiger charge is 2.10. The highest BCUT2D eigenvalue weighted by Crippen LogP contribution is 2.17. The number of fused-ring (bicyclic) bond motifs is 1. The number of carboxylic acids is 1. The SMILES string of the molecule is NC(CCNc1ccc2ncoc2c1)C(=O)O. The minimum Gasteiger partial charge on any atom is -0.480 e. The van der Waals surface area contributed by atoms with Gasteiger partial charge in [0.25, 0.3) is 0 Å². The van der Waals surface area contributed by atoms with Crippen LogP contribution in [0.3, 0.4) is 0 Å². The summed E-state index contributed by atoms with van der Waals surface area (Å²) < 4.78 is 5.15. The Balaban J connectivity index is 1.92. The van der Waals surface area contributed by atoms with Gasteiger partial charge in [-0.1, -0.05) is 0 Å². The minimum atomic E-state index is -0.988. The van der Waals surface area contributed by atoms with Crippen molar-refractivity contribution in [1.29, 1.82) is 0 Å². The summed E-state index contributed by atoms with van der Waals surface area (Å²) in [6, 6.07) is 4.67. The van der Waals surface area contributed by atoms with Crippen molar-refractivity contribution in [2.45, 2.75) is 12.5 Å². The van der Waals surface area contributed by atoms with E-state index in [1.54, 1.807) is 0 Å². The molecule has 0 fully saturated rings. The van der Waals surface area contributed by atoms with E-state index in [0.29, 0.717) is 18.5 Å². The van der Waals surface area contributed by atoms with Gasteiger partial charge in [0.05, 0.1) is 0 Å². The average molecular weight is 235 g/mol. The standard InChI is InChI=1S/C11H13N3O3/c12-8(11(15)16)3-4-13-7-1-2-9-10(5-7)17-6-14-9/h1-2,5-6,8,13H,3-4,12H2,(H,15,16). The fourth-order valence-electron chi connectivity index (χ4n) is 1.46. The molecule has 0 aliphatic rings. The van der Waals surface area contributed by atoms with Crippen molar-refractivity contribution in [1.82, 2.24) is 4.98 Å². The molecule has 2 aromatic rings. The Hall–Kier alpha value is -2.08. The summed E-state index contributed by atoms with van der Waals surface area (Å²) in [6.07, 6.45) is 1.75. The van der Waals surface area contributed by atoms with Crippen LogP contribution in [0.2, 0.25) is 0 Å². The van der Waals surface area contributed by atoms with Crippen LogP contribution in [-0.2, 0) is 4.79 Å². The summed E-state index contributed by atoms with van der Waals surface area (Å²) in [4.78, 5) is 14.5. The normalized spacial score (nSPS) is 12.5. The number of carbonyl (C=O) groups is 1. The smallest absolute Gasteiger partial charge is 0.320 e. The molecule has 0 radical (unpaired) electrons. The van der Waals surface area contributed by atoms with Gasteiger partial charge in [-0.15, -0.1) is 0 Å². The van der Waals surface area contributed by atoms with Gasteiger partial charge in [0.2, 0.25) is 0 Å². The van der Waals surface area contributed by atoms with Crippen LogP contribution in [0.15, 0.2) is 29.0 Å². The minimum absolute atomic E-state index is 0.365. The molecule has 0 aliphatic carbocycles. The molecule has 6 heteroatoms. The highest BCUT2D eigenvalue weighted by molar-refractivity contribution is 5.76. The van der Waals surface area contributed by atoms with Crippen molar-refractivity contribution in [3.05, 3.63) is 24.6 Å². The van der Waals surface area contributed by atoms with Crippen LogP contribution in [0, 0.1) is 0 Å². The lowest BCUT2D eigenvalue weighted by atomic mass is 10.2. The molecule has 1 atom stereocenters. The largest absolute Gasteiger partial charge is 0.480 e. The number of hydrogen-bond acceptors (Lipinski definition) is 5. The molecule has 6 nitrogen and oxygen atoms in total. The van der Waals surface area contributed by atoms with E-state index in [9.17, 15) is 4.79 Å². The number of carboxylic acid groups (broad SMARTS) is 1. The zero-order valence-corrected chi connectivity index (χ0v) is 9.09. The lowest BCUT2D eigenvalue weighted by Gasteiger charge is -2.08. The topological polar surface area (TPSA) is 101 Å². The molecule has 4 N–H and O–H groups in total. The quantitative estimate of drug-likeness (QED) is 0.715. The second-order valence-corrected chi connectivity index (χ2v) is 3.70. The Morgan fingerprint density at radius 3 is 3.18 bits per heavy atom. The number of anilines is 1. The van der Waals surface area contributed by atoms with Crippen molar-refractivity contribution in [2.75, 3.05) is 11.9 Å². The molecule has 2 rings (SSSR count). The Kier molecular flexibility index (Phi) is 3.24. The van der Waals surface area contributed by atoms with Gasteiger partial charge in [-0.25, -0.2) is 4.98 Å². The second kappa shape index (κ2) is 4.84. The van der Waals surface area contributed by atoms with Crippen molar-refractivity contribution < 1.29 is 14.3 Å². The summed E-state index contributed by atoms with van der Waals surface area (Å²) in [6.45, 7) is 0.493. The van der Waals surface area contributed by atoms with Gasteiger partial charge < -0.3 is 20.6 Å². The fraction of sp³-hybridized carbons (Fsp3) is 0.273. The maximum Gasteiger partial charge on any atom is 0.320 e. The number of oxazole rings is 1. The zero-order chi connectivity index (χ0) is 12.3. The van der Waals surface area contributed by atoms with E-state index in [0.717, 1.165) is 11.2 Å². The Morgan fingerprint density at radius 1 is 1.59 bits per heavy atom. The van der Waals surface area contributed by atoms with Gasteiger partial charge in [-0.3, -0.25) is 4.79 Å². The molecule has 0 saturated heterocycles. The second-order valence-electron chi connectivity index (χ2n) is 3.70. The van der Waals surface area contributed by atoms with Crippen LogP contribution in [0.25, 0.3) is 11.1 Å². The molecule has 0 bridgehead atoms. The van der Waals surface area contributed by atoms with Crippen molar-refractivity contribution >= 4 is 22.8 Å². The van der Waals surface area contributed by atoms with Crippen LogP contribution in [0.1, 0.15) is 6.42 Å². The van der Waals surface area contributed by atoms with E-state index >= 15 is 0 Å². The molecule has 1 heterocycles. The molecule has 17 heavy (non-hydrogen) atoms. The molecule has 1 aromatic carbocycles. The molecule has 0 aliphatic heterocycles. The summed E-state index contributed by atoms with van der Waals surface area (Å²) >= 11 is 0. The third-order valence-corrected chi connectivity index (χ3v) is 2.43. The summed E-state index contributed by atoms with van der Waals surface area (Å²) in [5, 5.41) is 11.7. The van der Waals surface area contributed by atoms with E-state index in [4.69, 9.17) is 15.3 Å². The third kappa shape index (κ3) is 2.73. The monoisotopic (exact) mass is 235 g/mol. The first-order chi connectivity index (χ1) is 8.16. The maximum atomic E-state index is 10.5. The average Bonchev–Trinajstić information content (AvgIpc) is 2.75. The molecule has 0 saturated carbocycles. The Labute approximate surface area is 97.4 Å². The van der Waals surface area contributed by atoms with Crippen LogP contribution in [0.4, 0.5) is 5.69 Å². The van der Waals surface area contributed by atoms with E-state index in [1.807, 2.05) is 18.2 Å². The third-order valence-electron chi connectivity index (χ3n) is 2.43. The van der Waals surface area contributed by atoms with Gasteiger partial charge in [0.15, 0.2) is 12.0 Å². The fourth-order valence-corrected chi connectivity index (χ4v) is 1.46. The lowest BCUT2D eigenvalue weighted by Crippen LogP contribution is -2.32. The van der Waals surface area contributed by atoms with E-state index < -0.39 is 12.0 Å². The first-order valence-corrected chi connectivity index (χ1v) is 5.22. The Bertz CT molecular complexity index is 523. The number of benzene rings is 1. The van der Waals surface area contributed by atoms with Gasteiger partial charge in [-0.2, -0.15) is 0 Å². The van der Waals surface area contributed by atoms with Gasteiger partial charge in [-0.05, 0) is 18.6 Å². The number of aliphatic carboxylic acids is 1. The van der Waals surface area contributed by atoms with E-state index in [1.165, 1.54) is 6.39 Å². The first kappa shape index (κ1) is 11.4. The molecular formula is C11H13N3O3. The van der Waals surface area contributed by atoms with E-state index in [2.05, 4.69) is 10.3 Å². The van der Waals surface area contributed by atoms with Crippen LogP contribution in [0.5, 0.6) is 0 Å². The number of nitrogens with one attached hydrogen (secondary N) is 1. The molecule has 1 aromatic heterocycles. The van der Waals surface area contributed by atoms with E-state index in [-0.39, 0.29) is 0 Å². The van der Waals surface area contributed by atoms with Crippen LogP contribution >= 0.6 is 0 Å². The summed E-state index contributed by atoms with van der Waals surface area (Å²) in [5.74, 6) is -0.988. The van der Waals surface area contributed by atoms with Gasteiger partial charge >= 0.3 is 5.97 Å². The molecular weight excluding hydrogens is 222 g/mol. The number of nitrogens with zero attached hydrogens (tertiary/aromatic N) is 1. The highest BCUT2D eigenvalue weighted by atomic mass is 16.4. The number of rotatable bonds is 5. The van der Waals surface area contributed by atoms with Crippen molar-refractivity contribution in [3.63, 3.8) is 0 Å². The molecule has 1 unspecified atom stereocenters. The van der Waals surface area contributed by atoms with Gasteiger partial charge in [0, 0.05) is 18.3 Å². The van der Waals surface area contributed by atoms with Gasteiger partial charge in [0.1, 0.15) is 11.6 Å².